The van der Waals surface area contributed by atoms with E-state index in [9.17, 15) is 18.0 Å². The molecule has 0 aliphatic rings. The third kappa shape index (κ3) is 3.05. The summed E-state index contributed by atoms with van der Waals surface area (Å²) >= 11 is 6.16. The number of carboxylic acids is 1. The molecule has 0 saturated heterocycles. The maximum atomic E-state index is 12.8. The fourth-order valence-corrected chi connectivity index (χ4v) is 2.58. The zero-order chi connectivity index (χ0) is 17.5. The molecule has 1 aromatic heterocycles. The number of halogens is 4. The van der Waals surface area contributed by atoms with Gasteiger partial charge in [0.15, 0.2) is 0 Å². The van der Waals surface area contributed by atoms with Gasteiger partial charge in [-0.3, -0.25) is 0 Å². The molecule has 0 aliphatic carbocycles. The summed E-state index contributed by atoms with van der Waals surface area (Å²) in [6.45, 7) is 0. The van der Waals surface area contributed by atoms with Crippen molar-refractivity contribution in [3.05, 3.63) is 64.7 Å². The van der Waals surface area contributed by atoms with Crippen LogP contribution < -0.4 is 0 Å². The molecule has 3 rings (SSSR count). The van der Waals surface area contributed by atoms with Crippen LogP contribution in [0, 0.1) is 0 Å². The maximum absolute atomic E-state index is 12.8. The number of carboxylic acid groups (broad SMARTS) is 1. The largest absolute Gasteiger partial charge is 0.478 e. The number of rotatable bonds is 2. The summed E-state index contributed by atoms with van der Waals surface area (Å²) in [7, 11) is 0. The monoisotopic (exact) mass is 351 g/mol. The first-order valence-electron chi connectivity index (χ1n) is 6.77. The van der Waals surface area contributed by atoms with Crippen molar-refractivity contribution in [3.8, 4) is 11.3 Å². The third-order valence-corrected chi connectivity index (χ3v) is 3.80. The highest BCUT2D eigenvalue weighted by Gasteiger charge is 2.30. The van der Waals surface area contributed by atoms with Gasteiger partial charge >= 0.3 is 12.1 Å². The molecule has 7 heteroatoms. The van der Waals surface area contributed by atoms with Crippen LogP contribution in [0.1, 0.15) is 15.9 Å². The van der Waals surface area contributed by atoms with Crippen molar-refractivity contribution < 1.29 is 23.1 Å². The second kappa shape index (κ2) is 5.79. The molecule has 3 aromatic rings. The summed E-state index contributed by atoms with van der Waals surface area (Å²) in [5.74, 6) is -1.13. The van der Waals surface area contributed by atoms with E-state index in [1.165, 1.54) is 36.4 Å². The van der Waals surface area contributed by atoms with Gasteiger partial charge in [-0.05, 0) is 30.3 Å². The SMILES string of the molecule is O=C(O)c1ccc2c(Cl)cc(-c3cccc(C(F)(F)F)c3)nc2c1. The minimum absolute atomic E-state index is 0.0206. The van der Waals surface area contributed by atoms with Gasteiger partial charge in [-0.2, -0.15) is 13.2 Å². The minimum Gasteiger partial charge on any atom is -0.478 e. The second-order valence-electron chi connectivity index (χ2n) is 5.10. The van der Waals surface area contributed by atoms with E-state index in [1.54, 1.807) is 0 Å². The number of aromatic nitrogens is 1. The molecule has 0 spiro atoms. The number of alkyl halides is 3. The second-order valence-corrected chi connectivity index (χ2v) is 5.51. The van der Waals surface area contributed by atoms with Crippen LogP contribution in [0.2, 0.25) is 5.02 Å². The van der Waals surface area contributed by atoms with Crippen molar-refractivity contribution in [2.45, 2.75) is 6.18 Å². The fraction of sp³-hybridized carbons (Fsp3) is 0.0588. The van der Waals surface area contributed by atoms with Crippen LogP contribution in [0.3, 0.4) is 0 Å². The van der Waals surface area contributed by atoms with Gasteiger partial charge in [-0.25, -0.2) is 9.78 Å². The highest BCUT2D eigenvalue weighted by Crippen LogP contribution is 2.33. The van der Waals surface area contributed by atoms with Crippen molar-refractivity contribution in [2.24, 2.45) is 0 Å². The van der Waals surface area contributed by atoms with Gasteiger partial charge in [0.2, 0.25) is 0 Å². The predicted molar refractivity (Wildman–Crippen MR) is 84.2 cm³/mol. The van der Waals surface area contributed by atoms with Gasteiger partial charge in [-0.15, -0.1) is 0 Å². The Morgan fingerprint density at radius 1 is 1.08 bits per heavy atom. The zero-order valence-electron chi connectivity index (χ0n) is 11.9. The van der Waals surface area contributed by atoms with Gasteiger partial charge in [0, 0.05) is 10.9 Å². The Labute approximate surface area is 139 Å². The van der Waals surface area contributed by atoms with Gasteiger partial charge in [0.1, 0.15) is 0 Å². The Bertz CT molecular complexity index is 954. The first kappa shape index (κ1) is 16.3. The molecule has 0 radical (unpaired) electrons. The molecular weight excluding hydrogens is 343 g/mol. The van der Waals surface area contributed by atoms with E-state index < -0.39 is 17.7 Å². The summed E-state index contributed by atoms with van der Waals surface area (Å²) in [5.41, 5.74) is 0.00914. The van der Waals surface area contributed by atoms with E-state index >= 15 is 0 Å². The number of hydrogen-bond donors (Lipinski definition) is 1. The summed E-state index contributed by atoms with van der Waals surface area (Å²) in [6.07, 6.45) is -4.47. The molecular formula is C17H9ClF3NO2. The maximum Gasteiger partial charge on any atom is 0.416 e. The summed E-state index contributed by atoms with van der Waals surface area (Å²) in [4.78, 5) is 15.3. The van der Waals surface area contributed by atoms with E-state index in [-0.39, 0.29) is 21.8 Å². The molecule has 0 atom stereocenters. The molecule has 122 valence electrons. The highest BCUT2D eigenvalue weighted by molar-refractivity contribution is 6.35. The number of nitrogens with zero attached hydrogens (tertiary/aromatic N) is 1. The lowest BCUT2D eigenvalue weighted by Crippen LogP contribution is -2.04. The zero-order valence-corrected chi connectivity index (χ0v) is 12.7. The van der Waals surface area contributed by atoms with E-state index in [4.69, 9.17) is 16.7 Å². The lowest BCUT2D eigenvalue weighted by Gasteiger charge is -2.10. The van der Waals surface area contributed by atoms with Gasteiger partial charge < -0.3 is 5.11 Å². The first-order chi connectivity index (χ1) is 11.3. The summed E-state index contributed by atoms with van der Waals surface area (Å²) in [5, 5.41) is 9.85. The van der Waals surface area contributed by atoms with Crippen molar-refractivity contribution in [1.29, 1.82) is 0 Å². The van der Waals surface area contributed by atoms with Crippen molar-refractivity contribution in [1.82, 2.24) is 4.98 Å². The first-order valence-corrected chi connectivity index (χ1v) is 7.15. The standard InChI is InChI=1S/C17H9ClF3NO2/c18-13-8-14(9-2-1-3-11(6-9)17(19,20)21)22-15-7-10(16(23)24)4-5-12(13)15/h1-8H,(H,23,24). The molecule has 0 saturated carbocycles. The Morgan fingerprint density at radius 2 is 1.83 bits per heavy atom. The number of aromatic carboxylic acids is 1. The van der Waals surface area contributed by atoms with Gasteiger partial charge in [-0.1, -0.05) is 29.8 Å². The number of pyridine rings is 1. The minimum atomic E-state index is -4.47. The van der Waals surface area contributed by atoms with Crippen molar-refractivity contribution in [2.75, 3.05) is 0 Å². The third-order valence-electron chi connectivity index (χ3n) is 3.49. The van der Waals surface area contributed by atoms with Crippen LogP contribution >= 0.6 is 11.6 Å². The Morgan fingerprint density at radius 3 is 2.50 bits per heavy atom. The molecule has 0 aliphatic heterocycles. The van der Waals surface area contributed by atoms with E-state index in [2.05, 4.69) is 4.98 Å². The topological polar surface area (TPSA) is 50.2 Å². The average Bonchev–Trinajstić information content (AvgIpc) is 2.53. The van der Waals surface area contributed by atoms with Crippen LogP contribution in [0.5, 0.6) is 0 Å². The van der Waals surface area contributed by atoms with Gasteiger partial charge in [0.05, 0.1) is 27.4 Å². The molecule has 24 heavy (non-hydrogen) atoms. The van der Waals surface area contributed by atoms with E-state index in [1.807, 2.05) is 0 Å². The highest BCUT2D eigenvalue weighted by atomic mass is 35.5. The van der Waals surface area contributed by atoms with E-state index in [0.717, 1.165) is 12.1 Å². The number of hydrogen-bond acceptors (Lipinski definition) is 2. The molecule has 0 bridgehead atoms. The van der Waals surface area contributed by atoms with Crippen molar-refractivity contribution >= 4 is 28.5 Å². The van der Waals surface area contributed by atoms with Crippen LogP contribution in [0.25, 0.3) is 22.2 Å². The van der Waals surface area contributed by atoms with Crippen LogP contribution in [0.15, 0.2) is 48.5 Å². The summed E-state index contributed by atoms with van der Waals surface area (Å²) < 4.78 is 38.5. The Hall–Kier alpha value is -2.60. The molecule has 3 nitrogen and oxygen atoms in total. The lowest BCUT2D eigenvalue weighted by molar-refractivity contribution is -0.137. The smallest absolute Gasteiger partial charge is 0.416 e. The fourth-order valence-electron chi connectivity index (χ4n) is 2.32. The molecule has 1 N–H and O–H groups in total. The normalized spacial score (nSPS) is 11.7. The van der Waals surface area contributed by atoms with E-state index in [0.29, 0.717) is 10.9 Å². The number of fused-ring (bicyclic) bond motifs is 1. The van der Waals surface area contributed by atoms with Crippen molar-refractivity contribution in [3.63, 3.8) is 0 Å². The predicted octanol–water partition coefficient (Wildman–Crippen LogP) is 5.27. The molecule has 0 amide bonds. The quantitative estimate of drug-likeness (QED) is 0.684. The Kier molecular flexibility index (Phi) is 3.93. The summed E-state index contributed by atoms with van der Waals surface area (Å²) in [6, 6.07) is 10.4. The van der Waals surface area contributed by atoms with Crippen LogP contribution in [-0.2, 0) is 6.18 Å². The Balaban J connectivity index is 2.18. The molecule has 0 unspecified atom stereocenters. The van der Waals surface area contributed by atoms with Gasteiger partial charge in [0.25, 0.3) is 0 Å². The van der Waals surface area contributed by atoms with Crippen LogP contribution in [-0.4, -0.2) is 16.1 Å². The average molecular weight is 352 g/mol. The number of carbonyl (C=O) groups is 1. The molecule has 0 fully saturated rings. The number of benzene rings is 2. The molecule has 2 aromatic carbocycles. The lowest BCUT2D eigenvalue weighted by atomic mass is 10.1. The van der Waals surface area contributed by atoms with Crippen LogP contribution in [0.4, 0.5) is 13.2 Å². The molecule has 1 heterocycles.